The lowest BCUT2D eigenvalue weighted by Gasteiger charge is -2.21. The van der Waals surface area contributed by atoms with Crippen LogP contribution in [-0.2, 0) is 20.9 Å². The third-order valence-electron chi connectivity index (χ3n) is 2.96. The first-order valence-corrected chi connectivity index (χ1v) is 6.76. The number of esters is 1. The Morgan fingerprint density at radius 3 is 2.50 bits per heavy atom. The van der Waals surface area contributed by atoms with Gasteiger partial charge < -0.3 is 15.4 Å². The number of hydrogen-bond donors (Lipinski definition) is 1. The van der Waals surface area contributed by atoms with E-state index in [0.717, 1.165) is 18.4 Å². The van der Waals surface area contributed by atoms with Gasteiger partial charge in [0.2, 0.25) is 5.91 Å². The summed E-state index contributed by atoms with van der Waals surface area (Å²) >= 11 is 0. The molecule has 0 bridgehead atoms. The Hall–Kier alpha value is -1.88. The van der Waals surface area contributed by atoms with Crippen molar-refractivity contribution < 1.29 is 14.3 Å². The highest BCUT2D eigenvalue weighted by atomic mass is 16.5. The van der Waals surface area contributed by atoms with Crippen LogP contribution in [0.2, 0.25) is 0 Å². The van der Waals surface area contributed by atoms with Gasteiger partial charge >= 0.3 is 5.97 Å². The SMILES string of the molecule is COC(=O)CN(Cc1ccccc1)C(=O)CCCCN. The first-order valence-electron chi connectivity index (χ1n) is 6.76. The van der Waals surface area contributed by atoms with Gasteiger partial charge in [0, 0.05) is 13.0 Å². The number of carbonyl (C=O) groups is 2. The van der Waals surface area contributed by atoms with Gasteiger partial charge in [0.15, 0.2) is 0 Å². The fourth-order valence-corrected chi connectivity index (χ4v) is 1.84. The normalized spacial score (nSPS) is 10.1. The Morgan fingerprint density at radius 2 is 1.90 bits per heavy atom. The van der Waals surface area contributed by atoms with E-state index < -0.39 is 5.97 Å². The number of hydrogen-bond acceptors (Lipinski definition) is 4. The van der Waals surface area contributed by atoms with Crippen molar-refractivity contribution in [3.63, 3.8) is 0 Å². The molecule has 1 aromatic rings. The second kappa shape index (κ2) is 9.09. The predicted molar refractivity (Wildman–Crippen MR) is 76.8 cm³/mol. The minimum Gasteiger partial charge on any atom is -0.468 e. The summed E-state index contributed by atoms with van der Waals surface area (Å²) in [4.78, 5) is 25.1. The van der Waals surface area contributed by atoms with Gasteiger partial charge in [0.25, 0.3) is 0 Å². The number of carbonyl (C=O) groups excluding carboxylic acids is 2. The van der Waals surface area contributed by atoms with Crippen molar-refractivity contribution in [3.05, 3.63) is 35.9 Å². The maximum absolute atomic E-state index is 12.2. The van der Waals surface area contributed by atoms with Gasteiger partial charge in [0.1, 0.15) is 6.54 Å². The molecule has 0 atom stereocenters. The van der Waals surface area contributed by atoms with Crippen molar-refractivity contribution in [2.45, 2.75) is 25.8 Å². The zero-order chi connectivity index (χ0) is 14.8. The molecule has 0 saturated carbocycles. The molecular weight excluding hydrogens is 256 g/mol. The lowest BCUT2D eigenvalue weighted by Crippen LogP contribution is -2.35. The Morgan fingerprint density at radius 1 is 1.20 bits per heavy atom. The van der Waals surface area contributed by atoms with E-state index in [0.29, 0.717) is 19.5 Å². The average molecular weight is 278 g/mol. The standard InChI is InChI=1S/C15H22N2O3/c1-20-15(19)12-17(14(18)9-5-6-10-16)11-13-7-3-2-4-8-13/h2-4,7-8H,5-6,9-12,16H2,1H3. The Bertz CT molecular complexity index is 420. The summed E-state index contributed by atoms with van der Waals surface area (Å²) in [5.74, 6) is -0.458. The zero-order valence-corrected chi connectivity index (χ0v) is 11.9. The monoisotopic (exact) mass is 278 g/mol. The number of nitrogens with zero attached hydrogens (tertiary/aromatic N) is 1. The topological polar surface area (TPSA) is 72.6 Å². The summed E-state index contributed by atoms with van der Waals surface area (Å²) in [5.41, 5.74) is 6.41. The Labute approximate surface area is 119 Å². The van der Waals surface area contributed by atoms with Gasteiger partial charge in [-0.3, -0.25) is 9.59 Å². The van der Waals surface area contributed by atoms with Crippen LogP contribution in [0.3, 0.4) is 0 Å². The van der Waals surface area contributed by atoms with E-state index in [4.69, 9.17) is 5.73 Å². The summed E-state index contributed by atoms with van der Waals surface area (Å²) in [6.07, 6.45) is 1.95. The van der Waals surface area contributed by atoms with Crippen LogP contribution in [0.5, 0.6) is 0 Å². The molecule has 0 fully saturated rings. The average Bonchev–Trinajstić information content (AvgIpc) is 2.47. The molecule has 1 amide bonds. The predicted octanol–water partition coefficient (Wildman–Crippen LogP) is 1.32. The Balaban J connectivity index is 2.64. The molecule has 2 N–H and O–H groups in total. The van der Waals surface area contributed by atoms with Gasteiger partial charge in [-0.05, 0) is 24.9 Å². The summed E-state index contributed by atoms with van der Waals surface area (Å²) in [6.45, 7) is 0.965. The summed E-state index contributed by atoms with van der Waals surface area (Å²) in [5, 5.41) is 0. The lowest BCUT2D eigenvalue weighted by molar-refractivity contribution is -0.147. The second-order valence-corrected chi connectivity index (χ2v) is 4.56. The van der Waals surface area contributed by atoms with Crippen molar-refractivity contribution in [3.8, 4) is 0 Å². The number of amides is 1. The third kappa shape index (κ3) is 5.84. The molecule has 20 heavy (non-hydrogen) atoms. The second-order valence-electron chi connectivity index (χ2n) is 4.56. The van der Waals surface area contributed by atoms with E-state index in [2.05, 4.69) is 4.74 Å². The largest absolute Gasteiger partial charge is 0.468 e. The smallest absolute Gasteiger partial charge is 0.325 e. The molecule has 0 aromatic heterocycles. The number of rotatable bonds is 8. The number of ether oxygens (including phenoxy) is 1. The molecule has 0 spiro atoms. The summed E-state index contributed by atoms with van der Waals surface area (Å²) in [7, 11) is 1.32. The zero-order valence-electron chi connectivity index (χ0n) is 11.9. The van der Waals surface area contributed by atoms with Crippen LogP contribution in [0, 0.1) is 0 Å². The van der Waals surface area contributed by atoms with Gasteiger partial charge in [-0.25, -0.2) is 0 Å². The van der Waals surface area contributed by atoms with E-state index in [1.807, 2.05) is 30.3 Å². The van der Waals surface area contributed by atoms with Gasteiger partial charge in [-0.1, -0.05) is 30.3 Å². The van der Waals surface area contributed by atoms with Crippen molar-refractivity contribution in [1.82, 2.24) is 4.90 Å². The fraction of sp³-hybridized carbons (Fsp3) is 0.467. The highest BCUT2D eigenvalue weighted by Gasteiger charge is 2.17. The van der Waals surface area contributed by atoms with Gasteiger partial charge in [-0.2, -0.15) is 0 Å². The van der Waals surface area contributed by atoms with Crippen molar-refractivity contribution >= 4 is 11.9 Å². The quantitative estimate of drug-likeness (QED) is 0.575. The summed E-state index contributed by atoms with van der Waals surface area (Å²) in [6, 6.07) is 9.58. The molecule has 0 radical (unpaired) electrons. The van der Waals surface area contributed by atoms with E-state index in [1.165, 1.54) is 12.0 Å². The lowest BCUT2D eigenvalue weighted by atomic mass is 10.2. The molecule has 1 rings (SSSR count). The maximum Gasteiger partial charge on any atom is 0.325 e. The van der Waals surface area contributed by atoms with Crippen LogP contribution in [-0.4, -0.2) is 37.0 Å². The third-order valence-corrected chi connectivity index (χ3v) is 2.96. The fourth-order valence-electron chi connectivity index (χ4n) is 1.84. The van der Waals surface area contributed by atoms with E-state index >= 15 is 0 Å². The van der Waals surface area contributed by atoms with Crippen LogP contribution >= 0.6 is 0 Å². The minimum absolute atomic E-state index is 0.0210. The molecule has 0 saturated heterocycles. The van der Waals surface area contributed by atoms with Crippen molar-refractivity contribution in [2.75, 3.05) is 20.2 Å². The van der Waals surface area contributed by atoms with Crippen LogP contribution < -0.4 is 5.73 Å². The molecule has 5 nitrogen and oxygen atoms in total. The number of methoxy groups -OCH3 is 1. The summed E-state index contributed by atoms with van der Waals surface area (Å²) < 4.78 is 4.64. The van der Waals surface area contributed by atoms with Crippen LogP contribution in [0.1, 0.15) is 24.8 Å². The highest BCUT2D eigenvalue weighted by Crippen LogP contribution is 2.08. The molecular formula is C15H22N2O3. The van der Waals surface area contributed by atoms with E-state index in [9.17, 15) is 9.59 Å². The molecule has 1 aromatic carbocycles. The van der Waals surface area contributed by atoms with Crippen molar-refractivity contribution in [1.29, 1.82) is 0 Å². The molecule has 0 unspecified atom stereocenters. The molecule has 0 aliphatic heterocycles. The molecule has 0 aliphatic rings. The number of unbranched alkanes of at least 4 members (excludes halogenated alkanes) is 1. The van der Waals surface area contributed by atoms with Gasteiger partial charge in [0.05, 0.1) is 7.11 Å². The van der Waals surface area contributed by atoms with Crippen LogP contribution in [0.15, 0.2) is 30.3 Å². The maximum atomic E-state index is 12.2. The van der Waals surface area contributed by atoms with Gasteiger partial charge in [-0.15, -0.1) is 0 Å². The van der Waals surface area contributed by atoms with E-state index in [1.54, 1.807) is 0 Å². The molecule has 0 aliphatic carbocycles. The molecule has 110 valence electrons. The molecule has 5 heteroatoms. The first kappa shape index (κ1) is 16.2. The number of benzene rings is 1. The minimum atomic E-state index is -0.409. The van der Waals surface area contributed by atoms with E-state index in [-0.39, 0.29) is 12.5 Å². The van der Waals surface area contributed by atoms with Crippen LogP contribution in [0.25, 0.3) is 0 Å². The Kier molecular flexibility index (Phi) is 7.35. The molecule has 0 heterocycles. The number of nitrogens with two attached hydrogens (primary N) is 1. The highest BCUT2D eigenvalue weighted by molar-refractivity contribution is 5.82. The van der Waals surface area contributed by atoms with Crippen LogP contribution in [0.4, 0.5) is 0 Å². The van der Waals surface area contributed by atoms with Crippen molar-refractivity contribution in [2.24, 2.45) is 5.73 Å². The first-order chi connectivity index (χ1) is 9.67.